The Bertz CT molecular complexity index is 718. The van der Waals surface area contributed by atoms with Crippen molar-refractivity contribution in [3.63, 3.8) is 0 Å². The molecule has 6 heteroatoms. The van der Waals surface area contributed by atoms with Gasteiger partial charge in [-0.05, 0) is 39.0 Å². The van der Waals surface area contributed by atoms with Crippen LogP contribution in [-0.4, -0.2) is 15.1 Å². The molecule has 3 aromatic rings. The zero-order valence-electron chi connectivity index (χ0n) is 11.0. The van der Waals surface area contributed by atoms with E-state index in [4.69, 9.17) is 4.52 Å². The molecule has 5 nitrogen and oxygen atoms in total. The minimum absolute atomic E-state index is 0.0207. The summed E-state index contributed by atoms with van der Waals surface area (Å²) in [5.41, 5.74) is 2.06. The molecule has 0 bridgehead atoms. The van der Waals surface area contributed by atoms with Crippen LogP contribution in [0.25, 0.3) is 10.2 Å². The predicted molar refractivity (Wildman–Crippen MR) is 75.4 cm³/mol. The first-order valence-corrected chi connectivity index (χ1v) is 6.87. The van der Waals surface area contributed by atoms with Crippen molar-refractivity contribution in [2.24, 2.45) is 0 Å². The molecular formula is C13H14N4OS. The van der Waals surface area contributed by atoms with Crippen LogP contribution in [0.3, 0.4) is 0 Å². The minimum atomic E-state index is -0.0207. The highest BCUT2D eigenvalue weighted by atomic mass is 32.1. The number of thiazole rings is 1. The number of nitrogens with zero attached hydrogens (tertiary/aromatic N) is 3. The quantitative estimate of drug-likeness (QED) is 0.792. The van der Waals surface area contributed by atoms with Gasteiger partial charge in [0.15, 0.2) is 5.82 Å². The van der Waals surface area contributed by atoms with Crippen molar-refractivity contribution in [2.75, 3.05) is 5.32 Å². The molecule has 0 saturated carbocycles. The van der Waals surface area contributed by atoms with Crippen LogP contribution in [0.2, 0.25) is 0 Å². The van der Waals surface area contributed by atoms with Crippen LogP contribution in [0.4, 0.5) is 5.69 Å². The summed E-state index contributed by atoms with van der Waals surface area (Å²) in [4.78, 5) is 8.67. The fraction of sp³-hybridized carbons (Fsp3) is 0.308. The standard InChI is InChI=1S/C13H14N4OS/c1-7(13-15-8(2)17-18-13)14-10-4-5-11-12(6-10)19-9(3)16-11/h4-7,14H,1-3H3/t7-/m0/s1. The molecule has 1 N–H and O–H groups in total. The maximum absolute atomic E-state index is 5.16. The first-order valence-electron chi connectivity index (χ1n) is 6.06. The third kappa shape index (κ3) is 2.44. The molecule has 1 aromatic carbocycles. The van der Waals surface area contributed by atoms with Crippen molar-refractivity contribution in [3.8, 4) is 0 Å². The van der Waals surface area contributed by atoms with Gasteiger partial charge in [-0.15, -0.1) is 11.3 Å². The number of benzene rings is 1. The predicted octanol–water partition coefficient (Wildman–Crippen LogP) is 3.47. The molecule has 1 atom stereocenters. The summed E-state index contributed by atoms with van der Waals surface area (Å²) in [6.45, 7) is 5.82. The number of anilines is 1. The molecule has 0 unspecified atom stereocenters. The molecule has 0 radical (unpaired) electrons. The molecule has 0 aliphatic carbocycles. The van der Waals surface area contributed by atoms with Crippen LogP contribution < -0.4 is 5.32 Å². The molecule has 0 spiro atoms. The van der Waals surface area contributed by atoms with Gasteiger partial charge in [-0.3, -0.25) is 0 Å². The number of hydrogen-bond donors (Lipinski definition) is 1. The number of aryl methyl sites for hydroxylation is 2. The third-order valence-electron chi connectivity index (χ3n) is 2.79. The van der Waals surface area contributed by atoms with Gasteiger partial charge in [0.1, 0.15) is 6.04 Å². The molecule has 0 amide bonds. The van der Waals surface area contributed by atoms with Gasteiger partial charge < -0.3 is 9.84 Å². The lowest BCUT2D eigenvalue weighted by atomic mass is 10.2. The smallest absolute Gasteiger partial charge is 0.248 e. The van der Waals surface area contributed by atoms with Crippen LogP contribution in [-0.2, 0) is 0 Å². The highest BCUT2D eigenvalue weighted by Gasteiger charge is 2.13. The fourth-order valence-corrected chi connectivity index (χ4v) is 2.80. The van der Waals surface area contributed by atoms with Gasteiger partial charge in [0.2, 0.25) is 5.89 Å². The van der Waals surface area contributed by atoms with Crippen LogP contribution in [0.1, 0.15) is 29.7 Å². The van der Waals surface area contributed by atoms with Gasteiger partial charge in [0.25, 0.3) is 0 Å². The molecule has 0 aliphatic rings. The van der Waals surface area contributed by atoms with Crippen molar-refractivity contribution in [1.29, 1.82) is 0 Å². The van der Waals surface area contributed by atoms with Gasteiger partial charge in [-0.25, -0.2) is 4.98 Å². The first-order chi connectivity index (χ1) is 9.11. The summed E-state index contributed by atoms with van der Waals surface area (Å²) >= 11 is 1.69. The molecule has 98 valence electrons. The monoisotopic (exact) mass is 274 g/mol. The highest BCUT2D eigenvalue weighted by Crippen LogP contribution is 2.26. The van der Waals surface area contributed by atoms with E-state index < -0.39 is 0 Å². The Hall–Kier alpha value is -1.95. The maximum atomic E-state index is 5.16. The van der Waals surface area contributed by atoms with Crippen LogP contribution in [0, 0.1) is 13.8 Å². The Balaban J connectivity index is 1.84. The number of fused-ring (bicyclic) bond motifs is 1. The van der Waals surface area contributed by atoms with E-state index in [0.29, 0.717) is 11.7 Å². The fourth-order valence-electron chi connectivity index (χ4n) is 1.93. The van der Waals surface area contributed by atoms with Gasteiger partial charge in [-0.2, -0.15) is 4.98 Å². The average molecular weight is 274 g/mol. The van der Waals surface area contributed by atoms with Crippen molar-refractivity contribution in [1.82, 2.24) is 15.1 Å². The number of hydrogen-bond acceptors (Lipinski definition) is 6. The van der Waals surface area contributed by atoms with E-state index in [1.54, 1.807) is 11.3 Å². The summed E-state index contributed by atoms with van der Waals surface area (Å²) in [5, 5.41) is 8.23. The summed E-state index contributed by atoms with van der Waals surface area (Å²) in [6.07, 6.45) is 0. The Kier molecular flexibility index (Phi) is 2.94. The molecule has 2 aromatic heterocycles. The summed E-state index contributed by atoms with van der Waals surface area (Å²) < 4.78 is 6.33. The number of aromatic nitrogens is 3. The van der Waals surface area contributed by atoms with E-state index in [9.17, 15) is 0 Å². The summed E-state index contributed by atoms with van der Waals surface area (Å²) in [5.74, 6) is 1.25. The molecular weight excluding hydrogens is 260 g/mol. The first kappa shape index (κ1) is 12.1. The number of nitrogens with one attached hydrogen (secondary N) is 1. The topological polar surface area (TPSA) is 63.8 Å². The molecule has 19 heavy (non-hydrogen) atoms. The molecule has 2 heterocycles. The van der Waals surface area contributed by atoms with E-state index in [2.05, 4.69) is 26.5 Å². The molecule has 3 rings (SSSR count). The summed E-state index contributed by atoms with van der Waals surface area (Å²) in [7, 11) is 0. The van der Waals surface area contributed by atoms with E-state index in [-0.39, 0.29) is 6.04 Å². The number of rotatable bonds is 3. The molecule has 0 saturated heterocycles. The Labute approximate surface area is 114 Å². The van der Waals surface area contributed by atoms with Crippen molar-refractivity contribution < 1.29 is 4.52 Å². The van der Waals surface area contributed by atoms with Gasteiger partial charge in [0, 0.05) is 5.69 Å². The van der Waals surface area contributed by atoms with E-state index >= 15 is 0 Å². The van der Waals surface area contributed by atoms with E-state index in [1.165, 1.54) is 4.70 Å². The zero-order chi connectivity index (χ0) is 13.4. The minimum Gasteiger partial charge on any atom is -0.374 e. The second kappa shape index (κ2) is 4.62. The van der Waals surface area contributed by atoms with Crippen molar-refractivity contribution >= 4 is 27.2 Å². The molecule has 0 aliphatic heterocycles. The SMILES string of the molecule is Cc1noc([C@H](C)Nc2ccc3nc(C)sc3c2)n1. The van der Waals surface area contributed by atoms with E-state index in [0.717, 1.165) is 16.2 Å². The lowest BCUT2D eigenvalue weighted by Gasteiger charge is -2.10. The van der Waals surface area contributed by atoms with Gasteiger partial charge in [-0.1, -0.05) is 5.16 Å². The highest BCUT2D eigenvalue weighted by molar-refractivity contribution is 7.18. The molecule has 0 fully saturated rings. The van der Waals surface area contributed by atoms with Crippen molar-refractivity contribution in [2.45, 2.75) is 26.8 Å². The second-order valence-corrected chi connectivity index (χ2v) is 5.70. The van der Waals surface area contributed by atoms with Gasteiger partial charge >= 0.3 is 0 Å². The van der Waals surface area contributed by atoms with Crippen molar-refractivity contribution in [3.05, 3.63) is 34.9 Å². The maximum Gasteiger partial charge on any atom is 0.248 e. The van der Waals surface area contributed by atoms with Crippen LogP contribution in [0.5, 0.6) is 0 Å². The Morgan fingerprint density at radius 2 is 2.11 bits per heavy atom. The second-order valence-electron chi connectivity index (χ2n) is 4.46. The lowest BCUT2D eigenvalue weighted by molar-refractivity contribution is 0.364. The summed E-state index contributed by atoms with van der Waals surface area (Å²) in [6, 6.07) is 6.11. The van der Waals surface area contributed by atoms with Gasteiger partial charge in [0.05, 0.1) is 15.2 Å². The Morgan fingerprint density at radius 3 is 2.84 bits per heavy atom. The zero-order valence-corrected chi connectivity index (χ0v) is 11.8. The lowest BCUT2D eigenvalue weighted by Crippen LogP contribution is -2.06. The third-order valence-corrected chi connectivity index (χ3v) is 3.73. The Morgan fingerprint density at radius 1 is 1.26 bits per heavy atom. The normalized spacial score (nSPS) is 12.8. The largest absolute Gasteiger partial charge is 0.374 e. The van der Waals surface area contributed by atoms with E-state index in [1.807, 2.05) is 32.9 Å². The average Bonchev–Trinajstić information content (AvgIpc) is 2.93. The van der Waals surface area contributed by atoms with Crippen LogP contribution in [0.15, 0.2) is 22.7 Å². The van der Waals surface area contributed by atoms with Crippen LogP contribution >= 0.6 is 11.3 Å².